The Kier molecular flexibility index (Phi) is 1.26. The summed E-state index contributed by atoms with van der Waals surface area (Å²) in [6.45, 7) is 5.93. The van der Waals surface area contributed by atoms with Gasteiger partial charge in [0.15, 0.2) is 0 Å². The number of hydrogen-bond acceptors (Lipinski definition) is 1. The molecule has 12 heavy (non-hydrogen) atoms. The van der Waals surface area contributed by atoms with E-state index >= 15 is 0 Å². The fraction of sp³-hybridized carbons (Fsp3) is 0.700. The molecule has 2 nitrogen and oxygen atoms in total. The molecule has 0 aromatic heterocycles. The van der Waals surface area contributed by atoms with Gasteiger partial charge < -0.3 is 5.32 Å². The van der Waals surface area contributed by atoms with Crippen LogP contribution in [0.5, 0.6) is 0 Å². The summed E-state index contributed by atoms with van der Waals surface area (Å²) in [6.07, 6.45) is 5.60. The van der Waals surface area contributed by atoms with Crippen molar-refractivity contribution in [3.63, 3.8) is 0 Å². The van der Waals surface area contributed by atoms with Crippen molar-refractivity contribution in [2.45, 2.75) is 32.7 Å². The summed E-state index contributed by atoms with van der Waals surface area (Å²) in [5.74, 6) is 0.769. The van der Waals surface area contributed by atoms with Gasteiger partial charge in [0.2, 0.25) is 5.91 Å². The molecule has 2 aliphatic rings. The van der Waals surface area contributed by atoms with Crippen LogP contribution in [-0.4, -0.2) is 11.4 Å². The van der Waals surface area contributed by atoms with Gasteiger partial charge in [-0.25, -0.2) is 0 Å². The first-order valence-electron chi connectivity index (χ1n) is 4.46. The smallest absolute Gasteiger partial charge is 0.217 e. The molecule has 3 atom stereocenters. The molecule has 0 aromatic rings. The van der Waals surface area contributed by atoms with Gasteiger partial charge in [0.25, 0.3) is 0 Å². The third kappa shape index (κ3) is 0.780. The quantitative estimate of drug-likeness (QED) is 0.586. The van der Waals surface area contributed by atoms with E-state index in [9.17, 15) is 4.79 Å². The third-order valence-corrected chi connectivity index (χ3v) is 3.59. The molecule has 0 radical (unpaired) electrons. The van der Waals surface area contributed by atoms with Crippen molar-refractivity contribution in [1.29, 1.82) is 0 Å². The Morgan fingerprint density at radius 1 is 1.58 bits per heavy atom. The maximum atomic E-state index is 11.0. The lowest BCUT2D eigenvalue weighted by atomic mass is 9.86. The van der Waals surface area contributed by atoms with Gasteiger partial charge in [-0.1, -0.05) is 19.1 Å². The van der Waals surface area contributed by atoms with Gasteiger partial charge >= 0.3 is 0 Å². The number of amides is 1. The lowest BCUT2D eigenvalue weighted by Crippen LogP contribution is -2.48. The van der Waals surface area contributed by atoms with E-state index in [1.54, 1.807) is 6.92 Å². The summed E-state index contributed by atoms with van der Waals surface area (Å²) in [6, 6.07) is 0. The van der Waals surface area contributed by atoms with Crippen molar-refractivity contribution in [2.75, 3.05) is 0 Å². The van der Waals surface area contributed by atoms with Crippen LogP contribution in [0.4, 0.5) is 0 Å². The predicted molar refractivity (Wildman–Crippen MR) is 47.6 cm³/mol. The van der Waals surface area contributed by atoms with Crippen LogP contribution in [-0.2, 0) is 4.79 Å². The van der Waals surface area contributed by atoms with Crippen molar-refractivity contribution in [1.82, 2.24) is 5.32 Å². The van der Waals surface area contributed by atoms with Crippen molar-refractivity contribution < 1.29 is 4.79 Å². The number of rotatable bonds is 1. The Morgan fingerprint density at radius 2 is 2.25 bits per heavy atom. The Labute approximate surface area is 73.0 Å². The number of allylic oxidation sites excluding steroid dienone is 1. The van der Waals surface area contributed by atoms with Crippen LogP contribution >= 0.6 is 0 Å². The van der Waals surface area contributed by atoms with Gasteiger partial charge in [-0.3, -0.25) is 4.79 Å². The summed E-state index contributed by atoms with van der Waals surface area (Å²) in [5, 5.41) is 3.02. The van der Waals surface area contributed by atoms with Crippen LogP contribution in [0.1, 0.15) is 27.2 Å². The number of nitrogens with one attached hydrogen (secondary N) is 1. The highest BCUT2D eigenvalue weighted by atomic mass is 16.1. The SMILES string of the molecule is CC(=O)N[C@@]1(C)C=C[C@H]2C[C@@]21C. The fourth-order valence-corrected chi connectivity index (χ4v) is 2.32. The summed E-state index contributed by atoms with van der Waals surface area (Å²) in [4.78, 5) is 11.0. The molecule has 0 spiro atoms. The first-order valence-corrected chi connectivity index (χ1v) is 4.46. The maximum Gasteiger partial charge on any atom is 0.217 e. The zero-order chi connectivity index (χ0) is 8.98. The van der Waals surface area contributed by atoms with Crippen LogP contribution in [0.2, 0.25) is 0 Å². The maximum absolute atomic E-state index is 11.0. The minimum absolute atomic E-state index is 0.0657. The largest absolute Gasteiger partial charge is 0.347 e. The van der Waals surface area contributed by atoms with Gasteiger partial charge in [-0.15, -0.1) is 0 Å². The van der Waals surface area contributed by atoms with E-state index in [-0.39, 0.29) is 11.4 Å². The van der Waals surface area contributed by atoms with E-state index in [1.807, 2.05) is 0 Å². The Bertz CT molecular complexity index is 271. The molecule has 0 unspecified atom stereocenters. The minimum Gasteiger partial charge on any atom is -0.347 e. The molecule has 0 heterocycles. The second-order valence-electron chi connectivity index (χ2n) is 4.47. The Morgan fingerprint density at radius 3 is 2.58 bits per heavy atom. The molecule has 2 rings (SSSR count). The summed E-state index contributed by atoms with van der Waals surface area (Å²) in [5.41, 5.74) is 0.210. The van der Waals surface area contributed by atoms with Crippen LogP contribution in [0.25, 0.3) is 0 Å². The molecule has 2 heteroatoms. The van der Waals surface area contributed by atoms with Crippen LogP contribution in [0.3, 0.4) is 0 Å². The second kappa shape index (κ2) is 1.93. The predicted octanol–water partition coefficient (Wildman–Crippen LogP) is 1.48. The third-order valence-electron chi connectivity index (χ3n) is 3.59. The molecule has 1 saturated carbocycles. The van der Waals surface area contributed by atoms with Crippen molar-refractivity contribution in [3.05, 3.63) is 12.2 Å². The molecule has 0 bridgehead atoms. The van der Waals surface area contributed by atoms with E-state index in [2.05, 4.69) is 31.3 Å². The lowest BCUT2D eigenvalue weighted by molar-refractivity contribution is -0.120. The normalized spacial score (nSPS) is 48.8. The topological polar surface area (TPSA) is 29.1 Å². The lowest BCUT2D eigenvalue weighted by Gasteiger charge is -2.31. The second-order valence-corrected chi connectivity index (χ2v) is 4.47. The van der Waals surface area contributed by atoms with E-state index in [0.29, 0.717) is 11.3 Å². The van der Waals surface area contributed by atoms with E-state index in [4.69, 9.17) is 0 Å². The zero-order valence-electron chi connectivity index (χ0n) is 7.85. The summed E-state index contributed by atoms with van der Waals surface area (Å²) in [7, 11) is 0. The van der Waals surface area contributed by atoms with E-state index < -0.39 is 0 Å². The van der Waals surface area contributed by atoms with Crippen LogP contribution in [0, 0.1) is 11.3 Å². The molecule has 1 amide bonds. The first kappa shape index (κ1) is 7.84. The minimum atomic E-state index is -0.0937. The molecule has 66 valence electrons. The van der Waals surface area contributed by atoms with Gasteiger partial charge in [0, 0.05) is 12.3 Å². The molecule has 2 aliphatic carbocycles. The summed E-state index contributed by atoms with van der Waals surface area (Å²) >= 11 is 0. The molecule has 1 N–H and O–H groups in total. The summed E-state index contributed by atoms with van der Waals surface area (Å²) < 4.78 is 0. The number of carbonyl (C=O) groups is 1. The molecule has 1 fully saturated rings. The average Bonchev–Trinajstić information content (AvgIpc) is 2.52. The van der Waals surface area contributed by atoms with Crippen molar-refractivity contribution in [3.8, 4) is 0 Å². The number of hydrogen-bond donors (Lipinski definition) is 1. The molecular formula is C10H15NO. The molecule has 0 aliphatic heterocycles. The Balaban J connectivity index is 2.21. The fourth-order valence-electron chi connectivity index (χ4n) is 2.32. The van der Waals surface area contributed by atoms with E-state index in [1.165, 1.54) is 6.42 Å². The van der Waals surface area contributed by atoms with Gasteiger partial charge in [0.05, 0.1) is 5.54 Å². The van der Waals surface area contributed by atoms with E-state index in [0.717, 1.165) is 0 Å². The standard InChI is InChI=1S/C10H15NO/c1-7(12)11-10(3)5-4-8-6-9(8,10)2/h4-5,8H,6H2,1-3H3,(H,11,12)/t8-,9-,10-/m0/s1. The highest BCUT2D eigenvalue weighted by Crippen LogP contribution is 2.64. The van der Waals surface area contributed by atoms with Gasteiger partial charge in [-0.05, 0) is 19.3 Å². The first-order chi connectivity index (χ1) is 5.48. The monoisotopic (exact) mass is 165 g/mol. The van der Waals surface area contributed by atoms with Gasteiger partial charge in [0.1, 0.15) is 0 Å². The van der Waals surface area contributed by atoms with Crippen LogP contribution < -0.4 is 5.32 Å². The van der Waals surface area contributed by atoms with Gasteiger partial charge in [-0.2, -0.15) is 0 Å². The van der Waals surface area contributed by atoms with Crippen LogP contribution in [0.15, 0.2) is 12.2 Å². The molecule has 0 aromatic carbocycles. The molecular weight excluding hydrogens is 150 g/mol. The Hall–Kier alpha value is -0.790. The number of carbonyl (C=O) groups excluding carboxylic acids is 1. The van der Waals surface area contributed by atoms with Crippen molar-refractivity contribution in [2.24, 2.45) is 11.3 Å². The molecule has 0 saturated heterocycles. The highest BCUT2D eigenvalue weighted by molar-refractivity contribution is 5.74. The number of fused-ring (bicyclic) bond motifs is 1. The zero-order valence-corrected chi connectivity index (χ0v) is 7.85. The van der Waals surface area contributed by atoms with Crippen molar-refractivity contribution >= 4 is 5.91 Å². The average molecular weight is 165 g/mol. The highest BCUT2D eigenvalue weighted by Gasteiger charge is 2.62.